The minimum Gasteiger partial charge on any atom is -0.392 e. The number of pyridine rings is 3. The summed E-state index contributed by atoms with van der Waals surface area (Å²) in [5.41, 5.74) is 6.41. The molecule has 7 heterocycles. The van der Waals surface area contributed by atoms with Crippen molar-refractivity contribution in [1.29, 1.82) is 0 Å². The van der Waals surface area contributed by atoms with Gasteiger partial charge in [-0.25, -0.2) is 4.98 Å². The number of amides is 1. The van der Waals surface area contributed by atoms with E-state index >= 15 is 0 Å². The van der Waals surface area contributed by atoms with Crippen LogP contribution in [0.5, 0.6) is 0 Å². The van der Waals surface area contributed by atoms with Gasteiger partial charge in [0.05, 0.1) is 54.5 Å². The number of aliphatic hydroxyl groups excluding tert-OH is 1. The average molecular weight is 654 g/mol. The van der Waals surface area contributed by atoms with E-state index in [0.29, 0.717) is 46.5 Å². The minimum absolute atomic E-state index is 0.0218. The van der Waals surface area contributed by atoms with Crippen molar-refractivity contribution in [3.63, 3.8) is 0 Å². The lowest BCUT2D eigenvalue weighted by Gasteiger charge is -2.43. The first-order valence-electron chi connectivity index (χ1n) is 16.5. The summed E-state index contributed by atoms with van der Waals surface area (Å²) in [5.74, 6) is 0.544. The molecule has 0 radical (unpaired) electrons. The van der Waals surface area contributed by atoms with E-state index in [1.165, 1.54) is 33.4 Å². The second-order valence-corrected chi connectivity index (χ2v) is 14.0. The Hall–Kier alpha value is -4.10. The molecule has 0 saturated carbocycles. The lowest BCUT2D eigenvalue weighted by Crippen LogP contribution is -2.56. The van der Waals surface area contributed by atoms with Crippen LogP contribution >= 0.6 is 11.3 Å². The number of anilines is 4. The molecule has 244 valence electrons. The smallest absolute Gasteiger partial charge is 0.274 e. The molecule has 0 spiro atoms. The summed E-state index contributed by atoms with van der Waals surface area (Å²) in [4.78, 5) is 45.0. The monoisotopic (exact) mass is 653 g/mol. The molecule has 12 heteroatoms. The van der Waals surface area contributed by atoms with E-state index in [1.54, 1.807) is 47.9 Å². The van der Waals surface area contributed by atoms with Crippen LogP contribution in [0.1, 0.15) is 44.1 Å². The zero-order valence-corrected chi connectivity index (χ0v) is 27.4. The van der Waals surface area contributed by atoms with Crippen LogP contribution in [0.25, 0.3) is 11.1 Å². The lowest BCUT2D eigenvalue weighted by atomic mass is 9.91. The van der Waals surface area contributed by atoms with Crippen molar-refractivity contribution in [3.8, 4) is 11.1 Å². The molecule has 4 aliphatic rings. The van der Waals surface area contributed by atoms with Crippen molar-refractivity contribution in [3.05, 3.63) is 79.8 Å². The second kappa shape index (κ2) is 12.5. The first kappa shape index (κ1) is 30.2. The van der Waals surface area contributed by atoms with Crippen LogP contribution in [0.15, 0.2) is 47.8 Å². The van der Waals surface area contributed by atoms with Crippen LogP contribution in [0, 0.1) is 0 Å². The summed E-state index contributed by atoms with van der Waals surface area (Å²) in [6.45, 7) is 5.82. The highest BCUT2D eigenvalue weighted by atomic mass is 32.1. The van der Waals surface area contributed by atoms with Gasteiger partial charge in [0.15, 0.2) is 0 Å². The van der Waals surface area contributed by atoms with Gasteiger partial charge in [-0.3, -0.25) is 19.5 Å². The summed E-state index contributed by atoms with van der Waals surface area (Å²) in [7, 11) is 1.70. The maximum atomic E-state index is 13.8. The van der Waals surface area contributed by atoms with E-state index < -0.39 is 0 Å². The number of ether oxygens (including phenoxy) is 1. The number of hydrogen-bond donors (Lipinski definition) is 2. The van der Waals surface area contributed by atoms with Crippen molar-refractivity contribution in [2.45, 2.75) is 44.8 Å². The number of nitrogens with zero attached hydrogens (tertiary/aromatic N) is 6. The van der Waals surface area contributed by atoms with Gasteiger partial charge in [-0.2, -0.15) is 0 Å². The Morgan fingerprint density at radius 3 is 2.57 bits per heavy atom. The van der Waals surface area contributed by atoms with Crippen LogP contribution in [0.2, 0.25) is 0 Å². The zero-order chi connectivity index (χ0) is 32.1. The molecule has 8 rings (SSSR count). The fraction of sp³-hybridized carbons (Fsp3) is 0.429. The Kier molecular flexibility index (Phi) is 8.04. The standard InChI is InChI=1S/C35H39N7O4S/c1-39-18-22(14-29(34(39)44)38-32-7-6-23(15-37-32)40-10-12-41(13-11-40)24-20-46-21-24)27-16-36-17-30(28(27)19-43)42-9-8-26-25-4-2-3-5-31(25)47-33(26)35(42)45/h6-7,14-18,24,43H,2-5,8-13,19-21H2,1H3,(H,37,38). The molecule has 1 amide bonds. The molecule has 11 nitrogen and oxygen atoms in total. The Balaban J connectivity index is 1.04. The van der Waals surface area contributed by atoms with Crippen molar-refractivity contribution in [1.82, 2.24) is 19.4 Å². The molecule has 0 unspecified atom stereocenters. The van der Waals surface area contributed by atoms with Crippen LogP contribution in [0.4, 0.5) is 22.9 Å². The third-order valence-corrected chi connectivity index (χ3v) is 11.4. The van der Waals surface area contributed by atoms with Gasteiger partial charge in [0.25, 0.3) is 11.5 Å². The third-order valence-electron chi connectivity index (χ3n) is 10.1. The van der Waals surface area contributed by atoms with E-state index in [2.05, 4.69) is 25.1 Å². The number of aryl methyl sites for hydroxylation is 2. The van der Waals surface area contributed by atoms with E-state index in [-0.39, 0.29) is 18.1 Å². The maximum absolute atomic E-state index is 13.8. The van der Waals surface area contributed by atoms with Gasteiger partial charge in [0.1, 0.15) is 11.5 Å². The minimum atomic E-state index is -0.276. The first-order chi connectivity index (χ1) is 23.0. The van der Waals surface area contributed by atoms with Gasteiger partial charge in [0.2, 0.25) is 0 Å². The molecule has 2 N–H and O–H groups in total. The Labute approximate surface area is 277 Å². The van der Waals surface area contributed by atoms with Gasteiger partial charge in [-0.05, 0) is 61.4 Å². The third kappa shape index (κ3) is 5.52. The van der Waals surface area contributed by atoms with Crippen LogP contribution in [0.3, 0.4) is 0 Å². The summed E-state index contributed by atoms with van der Waals surface area (Å²) < 4.78 is 6.87. The normalized spacial score (nSPS) is 18.6. The SMILES string of the molecule is Cn1cc(-c2cncc(N3CCc4c(sc5c4CCCC5)C3=O)c2CO)cc(Nc2ccc(N3CCN(C4COC4)CC3)cn2)c1=O. The predicted octanol–water partition coefficient (Wildman–Crippen LogP) is 3.74. The molecule has 1 aliphatic carbocycles. The molecule has 2 saturated heterocycles. The highest BCUT2D eigenvalue weighted by Gasteiger charge is 2.34. The van der Waals surface area contributed by atoms with E-state index in [4.69, 9.17) is 4.74 Å². The second-order valence-electron chi connectivity index (χ2n) is 12.9. The highest BCUT2D eigenvalue weighted by Crippen LogP contribution is 2.40. The van der Waals surface area contributed by atoms with Gasteiger partial charge in [0, 0.05) is 73.7 Å². The van der Waals surface area contributed by atoms with Crippen LogP contribution < -0.4 is 20.7 Å². The van der Waals surface area contributed by atoms with Gasteiger partial charge >= 0.3 is 0 Å². The number of hydrogen-bond acceptors (Lipinski definition) is 10. The zero-order valence-electron chi connectivity index (χ0n) is 26.6. The van der Waals surface area contributed by atoms with Gasteiger partial charge in [-0.15, -0.1) is 11.3 Å². The van der Waals surface area contributed by atoms with Crippen LogP contribution in [-0.4, -0.2) is 82.4 Å². The fourth-order valence-electron chi connectivity index (χ4n) is 7.38. The number of carbonyl (C=O) groups excluding carboxylic acids is 1. The van der Waals surface area contributed by atoms with Crippen molar-refractivity contribution >= 4 is 40.1 Å². The maximum Gasteiger partial charge on any atom is 0.274 e. The van der Waals surface area contributed by atoms with Crippen LogP contribution in [-0.2, 0) is 37.7 Å². The number of aromatic nitrogens is 3. The molecule has 0 bridgehead atoms. The Morgan fingerprint density at radius 2 is 1.83 bits per heavy atom. The molecule has 47 heavy (non-hydrogen) atoms. The van der Waals surface area contributed by atoms with Gasteiger partial charge in [-0.1, -0.05) is 0 Å². The molecule has 4 aromatic heterocycles. The molecule has 0 aromatic carbocycles. The van der Waals surface area contributed by atoms with E-state index in [9.17, 15) is 14.7 Å². The predicted molar refractivity (Wildman–Crippen MR) is 183 cm³/mol. The summed E-state index contributed by atoms with van der Waals surface area (Å²) in [6, 6.07) is 6.26. The first-order valence-corrected chi connectivity index (χ1v) is 17.3. The van der Waals surface area contributed by atoms with Crippen molar-refractivity contribution in [2.24, 2.45) is 7.05 Å². The molecular formula is C35H39N7O4S. The van der Waals surface area contributed by atoms with Crippen molar-refractivity contribution < 1.29 is 14.6 Å². The Morgan fingerprint density at radius 1 is 1.00 bits per heavy atom. The summed E-state index contributed by atoms with van der Waals surface area (Å²) in [5, 5.41) is 13.9. The number of carbonyl (C=O) groups is 1. The molecule has 4 aromatic rings. The van der Waals surface area contributed by atoms with Crippen molar-refractivity contribution in [2.75, 3.05) is 61.1 Å². The Bertz CT molecular complexity index is 1880. The molecule has 0 atom stereocenters. The van der Waals surface area contributed by atoms with E-state index in [0.717, 1.165) is 69.2 Å². The quantitative estimate of drug-likeness (QED) is 0.308. The molecule has 3 aliphatic heterocycles. The highest BCUT2D eigenvalue weighted by molar-refractivity contribution is 7.14. The number of aliphatic hydroxyl groups is 1. The largest absolute Gasteiger partial charge is 0.392 e. The van der Waals surface area contributed by atoms with Gasteiger partial charge < -0.3 is 29.5 Å². The number of fused-ring (bicyclic) bond motifs is 3. The molecule has 2 fully saturated rings. The molecular weight excluding hydrogens is 614 g/mol. The fourth-order valence-corrected chi connectivity index (χ4v) is 8.77. The number of thiophene rings is 1. The van der Waals surface area contributed by atoms with E-state index in [1.807, 2.05) is 18.3 Å². The summed E-state index contributed by atoms with van der Waals surface area (Å²) >= 11 is 1.64. The lowest BCUT2D eigenvalue weighted by molar-refractivity contribution is -0.0660. The topological polar surface area (TPSA) is 116 Å². The number of nitrogens with one attached hydrogen (secondary N) is 1. The summed E-state index contributed by atoms with van der Waals surface area (Å²) in [6.07, 6.45) is 12.2. The average Bonchev–Trinajstić information content (AvgIpc) is 3.46. The number of piperazine rings is 1. The number of rotatable bonds is 7.